The van der Waals surface area contributed by atoms with Crippen LogP contribution in [0.4, 0.5) is 11.5 Å². The number of ether oxygens (including phenoxy) is 2. The van der Waals surface area contributed by atoms with Crippen molar-refractivity contribution in [2.75, 3.05) is 44.0 Å². The normalized spacial score (nSPS) is 18.3. The summed E-state index contributed by atoms with van der Waals surface area (Å²) in [7, 11) is 1.71. The van der Waals surface area contributed by atoms with Crippen molar-refractivity contribution in [3.05, 3.63) is 17.8 Å². The lowest BCUT2D eigenvalue weighted by atomic mass is 10.1. The summed E-state index contributed by atoms with van der Waals surface area (Å²) >= 11 is 0. The minimum absolute atomic E-state index is 0.329. The van der Waals surface area contributed by atoms with E-state index in [-0.39, 0.29) is 0 Å². The van der Waals surface area contributed by atoms with Crippen LogP contribution in [0.25, 0.3) is 0 Å². The Morgan fingerprint density at radius 1 is 1.60 bits per heavy atom. The number of esters is 1. The molecule has 0 spiro atoms. The fraction of sp³-hybridized carbons (Fsp3) is 0.571. The molecule has 1 unspecified atom stereocenters. The van der Waals surface area contributed by atoms with E-state index in [0.29, 0.717) is 23.8 Å². The topological polar surface area (TPSA) is 77.7 Å². The quantitative estimate of drug-likeness (QED) is 0.819. The summed E-state index contributed by atoms with van der Waals surface area (Å²) in [5.74, 6) is 0.868. The lowest BCUT2D eigenvalue weighted by Gasteiger charge is -2.18. The summed E-state index contributed by atoms with van der Waals surface area (Å²) in [4.78, 5) is 18.3. The number of methoxy groups -OCH3 is 1. The molecule has 1 fully saturated rings. The van der Waals surface area contributed by atoms with Crippen LogP contribution in [0.1, 0.15) is 23.7 Å². The zero-order valence-electron chi connectivity index (χ0n) is 12.0. The van der Waals surface area contributed by atoms with Crippen LogP contribution in [0.3, 0.4) is 0 Å². The molecule has 0 bridgehead atoms. The molecule has 20 heavy (non-hydrogen) atoms. The van der Waals surface area contributed by atoms with Crippen LogP contribution < -0.4 is 10.6 Å². The number of nitrogens with zero attached hydrogens (tertiary/aromatic N) is 2. The molecule has 1 saturated heterocycles. The first-order valence-corrected chi connectivity index (χ1v) is 6.82. The maximum Gasteiger partial charge on any atom is 0.340 e. The van der Waals surface area contributed by atoms with Crippen molar-refractivity contribution in [1.29, 1.82) is 0 Å². The van der Waals surface area contributed by atoms with E-state index in [1.54, 1.807) is 20.1 Å². The Balaban J connectivity index is 2.13. The van der Waals surface area contributed by atoms with Gasteiger partial charge in [-0.1, -0.05) is 0 Å². The molecule has 0 radical (unpaired) electrons. The summed E-state index contributed by atoms with van der Waals surface area (Å²) in [6, 6.07) is 1.71. The third kappa shape index (κ3) is 3.19. The highest BCUT2D eigenvalue weighted by molar-refractivity contribution is 5.95. The van der Waals surface area contributed by atoms with Gasteiger partial charge >= 0.3 is 5.97 Å². The fourth-order valence-electron chi connectivity index (χ4n) is 2.43. The van der Waals surface area contributed by atoms with Gasteiger partial charge in [0.05, 0.1) is 30.7 Å². The Morgan fingerprint density at radius 3 is 3.10 bits per heavy atom. The number of carbonyl (C=O) groups is 1. The van der Waals surface area contributed by atoms with E-state index in [0.717, 1.165) is 31.9 Å². The Hall–Kier alpha value is -1.82. The van der Waals surface area contributed by atoms with Gasteiger partial charge in [-0.25, -0.2) is 9.78 Å². The van der Waals surface area contributed by atoms with Gasteiger partial charge in [0.1, 0.15) is 5.82 Å². The lowest BCUT2D eigenvalue weighted by molar-refractivity contribution is 0.0527. The average molecular weight is 279 g/mol. The summed E-state index contributed by atoms with van der Waals surface area (Å²) in [6.45, 7) is 4.64. The van der Waals surface area contributed by atoms with E-state index < -0.39 is 5.97 Å². The highest BCUT2D eigenvalue weighted by Gasteiger charge is 2.24. The van der Waals surface area contributed by atoms with Crippen molar-refractivity contribution in [1.82, 2.24) is 4.98 Å². The van der Waals surface area contributed by atoms with Crippen molar-refractivity contribution < 1.29 is 14.3 Å². The SMILES string of the molecule is CCOC(=O)c1cc(N2CCC(COC)C2)ncc1N. The van der Waals surface area contributed by atoms with E-state index in [2.05, 4.69) is 9.88 Å². The number of nitrogens with two attached hydrogens (primary N) is 1. The molecule has 1 aromatic heterocycles. The molecule has 1 aliphatic heterocycles. The molecule has 6 nitrogen and oxygen atoms in total. The van der Waals surface area contributed by atoms with Crippen molar-refractivity contribution >= 4 is 17.5 Å². The molecule has 1 aliphatic rings. The minimum atomic E-state index is -0.402. The summed E-state index contributed by atoms with van der Waals surface area (Å²) in [5.41, 5.74) is 6.52. The number of hydrogen-bond donors (Lipinski definition) is 1. The largest absolute Gasteiger partial charge is 0.462 e. The van der Waals surface area contributed by atoms with E-state index in [1.807, 2.05) is 0 Å². The zero-order chi connectivity index (χ0) is 14.5. The second kappa shape index (κ2) is 6.56. The first-order chi connectivity index (χ1) is 9.65. The molecule has 6 heteroatoms. The van der Waals surface area contributed by atoms with Crippen LogP contribution >= 0.6 is 0 Å². The molecule has 0 saturated carbocycles. The van der Waals surface area contributed by atoms with Gasteiger partial charge in [0.2, 0.25) is 0 Å². The number of pyridine rings is 1. The van der Waals surface area contributed by atoms with Crippen molar-refractivity contribution in [2.24, 2.45) is 5.92 Å². The third-order valence-corrected chi connectivity index (χ3v) is 3.43. The van der Waals surface area contributed by atoms with Crippen molar-refractivity contribution in [3.63, 3.8) is 0 Å². The van der Waals surface area contributed by atoms with Gasteiger partial charge in [0.25, 0.3) is 0 Å². The van der Waals surface area contributed by atoms with Gasteiger partial charge in [-0.2, -0.15) is 0 Å². The Kier molecular flexibility index (Phi) is 4.79. The van der Waals surface area contributed by atoms with Crippen molar-refractivity contribution in [2.45, 2.75) is 13.3 Å². The number of nitrogen functional groups attached to an aromatic ring is 1. The standard InChI is InChI=1S/C14H21N3O3/c1-3-20-14(18)11-6-13(16-7-12(11)15)17-5-4-10(8-17)9-19-2/h6-7,10H,3-5,8-9,15H2,1-2H3. The van der Waals surface area contributed by atoms with E-state index >= 15 is 0 Å². The fourth-order valence-corrected chi connectivity index (χ4v) is 2.43. The second-order valence-electron chi connectivity index (χ2n) is 4.91. The smallest absolute Gasteiger partial charge is 0.340 e. The maximum atomic E-state index is 11.8. The minimum Gasteiger partial charge on any atom is -0.462 e. The molecule has 0 amide bonds. The van der Waals surface area contributed by atoms with Gasteiger partial charge in [-0.15, -0.1) is 0 Å². The summed E-state index contributed by atoms with van der Waals surface area (Å²) in [6.07, 6.45) is 2.58. The molecule has 0 aromatic carbocycles. The van der Waals surface area contributed by atoms with Crippen LogP contribution in [0.2, 0.25) is 0 Å². The van der Waals surface area contributed by atoms with Crippen LogP contribution in [0, 0.1) is 5.92 Å². The zero-order valence-corrected chi connectivity index (χ0v) is 12.0. The predicted octanol–water partition coefficient (Wildman–Crippen LogP) is 1.31. The molecule has 110 valence electrons. The third-order valence-electron chi connectivity index (χ3n) is 3.43. The molecular weight excluding hydrogens is 258 g/mol. The van der Waals surface area contributed by atoms with E-state index in [1.165, 1.54) is 6.20 Å². The molecule has 2 rings (SSSR count). The molecule has 0 aliphatic carbocycles. The lowest BCUT2D eigenvalue weighted by Crippen LogP contribution is -2.22. The van der Waals surface area contributed by atoms with E-state index in [4.69, 9.17) is 15.2 Å². The first-order valence-electron chi connectivity index (χ1n) is 6.82. The van der Waals surface area contributed by atoms with Gasteiger partial charge in [0.15, 0.2) is 0 Å². The Morgan fingerprint density at radius 2 is 2.40 bits per heavy atom. The van der Waals surface area contributed by atoms with Gasteiger partial charge < -0.3 is 20.1 Å². The van der Waals surface area contributed by atoms with Crippen LogP contribution in [0.15, 0.2) is 12.3 Å². The first kappa shape index (κ1) is 14.6. The summed E-state index contributed by atoms with van der Waals surface area (Å²) < 4.78 is 10.2. The predicted molar refractivity (Wildman–Crippen MR) is 76.8 cm³/mol. The second-order valence-corrected chi connectivity index (χ2v) is 4.91. The Labute approximate surface area is 118 Å². The van der Waals surface area contributed by atoms with Crippen LogP contribution in [-0.2, 0) is 9.47 Å². The number of aromatic nitrogens is 1. The van der Waals surface area contributed by atoms with E-state index in [9.17, 15) is 4.79 Å². The number of carbonyl (C=O) groups excluding carboxylic acids is 1. The van der Waals surface area contributed by atoms with Gasteiger partial charge in [0, 0.05) is 26.1 Å². The maximum absolute atomic E-state index is 11.8. The molecule has 2 N–H and O–H groups in total. The molecule has 1 aromatic rings. The highest BCUT2D eigenvalue weighted by Crippen LogP contribution is 2.25. The molecular formula is C14H21N3O3. The number of anilines is 2. The number of rotatable bonds is 5. The van der Waals surface area contributed by atoms with Crippen LogP contribution in [-0.4, -0.2) is 44.4 Å². The molecule has 2 heterocycles. The highest BCUT2D eigenvalue weighted by atomic mass is 16.5. The monoisotopic (exact) mass is 279 g/mol. The van der Waals surface area contributed by atoms with Crippen molar-refractivity contribution in [3.8, 4) is 0 Å². The molecule has 1 atom stereocenters. The van der Waals surface area contributed by atoms with Gasteiger partial charge in [-0.3, -0.25) is 0 Å². The number of hydrogen-bond acceptors (Lipinski definition) is 6. The van der Waals surface area contributed by atoms with Crippen LogP contribution in [0.5, 0.6) is 0 Å². The van der Waals surface area contributed by atoms with Gasteiger partial charge in [-0.05, 0) is 19.4 Å². The average Bonchev–Trinajstić information content (AvgIpc) is 2.88. The summed E-state index contributed by atoms with van der Waals surface area (Å²) in [5, 5.41) is 0. The Bertz CT molecular complexity index is 479.